The van der Waals surface area contributed by atoms with Crippen LogP contribution in [-0.2, 0) is 4.79 Å². The minimum Gasteiger partial charge on any atom is -0.290 e. The maximum atomic E-state index is 9.60. The van der Waals surface area contributed by atoms with E-state index >= 15 is 0 Å². The molecule has 0 atom stereocenters. The summed E-state index contributed by atoms with van der Waals surface area (Å²) in [5.74, 6) is 1.41. The molecule has 45 valence electrons. The highest BCUT2D eigenvalue weighted by molar-refractivity contribution is 8.00. The monoisotopic (exact) mass is 129 g/mol. The first-order chi connectivity index (χ1) is 3.91. The molecular formula is C6H9OS. The minimum atomic E-state index is 0.490. The van der Waals surface area contributed by atoms with Crippen LogP contribution in [0.1, 0.15) is 6.92 Å². The molecule has 0 aliphatic rings. The first-order valence-electron chi connectivity index (χ1n) is 2.45. The number of thioether (sulfide) groups is 1. The van der Waals surface area contributed by atoms with Gasteiger partial charge in [-0.3, -0.25) is 4.79 Å². The van der Waals surface area contributed by atoms with E-state index in [0.29, 0.717) is 5.75 Å². The van der Waals surface area contributed by atoms with Crippen molar-refractivity contribution in [1.82, 2.24) is 0 Å². The molecule has 0 unspecified atom stereocenters. The highest BCUT2D eigenvalue weighted by Gasteiger charge is 1.79. The van der Waals surface area contributed by atoms with Gasteiger partial charge in [-0.2, -0.15) is 0 Å². The van der Waals surface area contributed by atoms with Crippen molar-refractivity contribution in [2.75, 3.05) is 11.5 Å². The van der Waals surface area contributed by atoms with Crippen molar-refractivity contribution in [3.8, 4) is 0 Å². The Morgan fingerprint density at radius 1 is 1.75 bits per heavy atom. The third-order valence-corrected chi connectivity index (χ3v) is 1.36. The first kappa shape index (κ1) is 7.76. The van der Waals surface area contributed by atoms with Crippen molar-refractivity contribution in [2.24, 2.45) is 0 Å². The fourth-order valence-corrected chi connectivity index (χ4v) is 0.795. The number of hydrogen-bond donors (Lipinski definition) is 0. The standard InChI is InChI=1S/C6H9OS/c1-2-3-5-8-6-4-7/h2-3H,5-6H2,1H3. The molecule has 0 saturated heterocycles. The SMILES string of the molecule is CC=CCSC[C]=O. The molecule has 0 fully saturated rings. The zero-order valence-corrected chi connectivity index (χ0v) is 5.70. The highest BCUT2D eigenvalue weighted by atomic mass is 32.2. The Kier molecular flexibility index (Phi) is 6.56. The Morgan fingerprint density at radius 2 is 2.50 bits per heavy atom. The van der Waals surface area contributed by atoms with Gasteiger partial charge in [0.1, 0.15) is 0 Å². The highest BCUT2D eigenvalue weighted by Crippen LogP contribution is 1.95. The summed E-state index contributed by atoms with van der Waals surface area (Å²) in [6.07, 6.45) is 5.79. The lowest BCUT2D eigenvalue weighted by Gasteiger charge is -1.83. The summed E-state index contributed by atoms with van der Waals surface area (Å²) in [4.78, 5) is 9.60. The summed E-state index contributed by atoms with van der Waals surface area (Å²) in [5, 5.41) is 0. The lowest BCUT2D eigenvalue weighted by atomic mass is 10.6. The van der Waals surface area contributed by atoms with E-state index in [2.05, 4.69) is 0 Å². The molecule has 0 heterocycles. The van der Waals surface area contributed by atoms with E-state index < -0.39 is 0 Å². The zero-order chi connectivity index (χ0) is 6.24. The van der Waals surface area contributed by atoms with Crippen molar-refractivity contribution in [3.05, 3.63) is 12.2 Å². The van der Waals surface area contributed by atoms with Gasteiger partial charge < -0.3 is 0 Å². The van der Waals surface area contributed by atoms with Crippen molar-refractivity contribution in [3.63, 3.8) is 0 Å². The summed E-state index contributed by atoms with van der Waals surface area (Å²) < 4.78 is 0. The number of carbonyl (C=O) groups excluding carboxylic acids is 1. The molecule has 0 bridgehead atoms. The van der Waals surface area contributed by atoms with Crippen LogP contribution in [0.3, 0.4) is 0 Å². The molecule has 0 spiro atoms. The Balaban J connectivity index is 2.82. The quantitative estimate of drug-likeness (QED) is 0.421. The van der Waals surface area contributed by atoms with E-state index in [9.17, 15) is 4.79 Å². The molecule has 0 aliphatic carbocycles. The average molecular weight is 129 g/mol. The Labute approximate surface area is 54.2 Å². The van der Waals surface area contributed by atoms with Gasteiger partial charge in [0.2, 0.25) is 6.29 Å². The summed E-state index contributed by atoms with van der Waals surface area (Å²) in [5.41, 5.74) is 0. The second kappa shape index (κ2) is 6.76. The van der Waals surface area contributed by atoms with Crippen molar-refractivity contribution < 1.29 is 4.79 Å². The normalized spacial score (nSPS) is 10.1. The molecule has 0 aliphatic heterocycles. The zero-order valence-electron chi connectivity index (χ0n) is 4.89. The molecule has 0 amide bonds. The second-order valence-corrected chi connectivity index (χ2v) is 2.26. The molecule has 0 aromatic carbocycles. The van der Waals surface area contributed by atoms with Crippen LogP contribution in [-0.4, -0.2) is 17.8 Å². The van der Waals surface area contributed by atoms with E-state index in [-0.39, 0.29) is 0 Å². The van der Waals surface area contributed by atoms with Gasteiger partial charge >= 0.3 is 0 Å². The fourth-order valence-electron chi connectivity index (χ4n) is 0.265. The Hall–Kier alpha value is -0.240. The van der Waals surface area contributed by atoms with Crippen LogP contribution in [0.15, 0.2) is 12.2 Å². The van der Waals surface area contributed by atoms with Crippen molar-refractivity contribution in [2.45, 2.75) is 6.92 Å². The van der Waals surface area contributed by atoms with Gasteiger partial charge in [0, 0.05) is 5.75 Å². The molecule has 0 aromatic rings. The average Bonchev–Trinajstić information content (AvgIpc) is 1.81. The van der Waals surface area contributed by atoms with Crippen LogP contribution < -0.4 is 0 Å². The van der Waals surface area contributed by atoms with Gasteiger partial charge in [0.25, 0.3) is 0 Å². The van der Waals surface area contributed by atoms with Gasteiger partial charge in [0.05, 0.1) is 5.75 Å². The molecule has 0 rings (SSSR count). The van der Waals surface area contributed by atoms with Crippen LogP contribution in [0.25, 0.3) is 0 Å². The Morgan fingerprint density at radius 3 is 3.00 bits per heavy atom. The van der Waals surface area contributed by atoms with E-state index in [0.717, 1.165) is 5.75 Å². The molecule has 8 heavy (non-hydrogen) atoms. The predicted octanol–water partition coefficient (Wildman–Crippen LogP) is 1.41. The van der Waals surface area contributed by atoms with Crippen LogP contribution in [0.4, 0.5) is 0 Å². The Bertz CT molecular complexity index is 78.6. The third kappa shape index (κ3) is 5.76. The smallest absolute Gasteiger partial charge is 0.209 e. The molecule has 1 nitrogen and oxygen atoms in total. The van der Waals surface area contributed by atoms with E-state index in [1.54, 1.807) is 18.0 Å². The summed E-state index contributed by atoms with van der Waals surface area (Å²) in [6.45, 7) is 1.96. The molecular weight excluding hydrogens is 120 g/mol. The van der Waals surface area contributed by atoms with Crippen LogP contribution in [0.5, 0.6) is 0 Å². The van der Waals surface area contributed by atoms with E-state index in [1.165, 1.54) is 0 Å². The van der Waals surface area contributed by atoms with Gasteiger partial charge in [-0.25, -0.2) is 0 Å². The van der Waals surface area contributed by atoms with Crippen molar-refractivity contribution in [1.29, 1.82) is 0 Å². The maximum Gasteiger partial charge on any atom is 0.209 e. The minimum absolute atomic E-state index is 0.490. The fraction of sp³-hybridized carbons (Fsp3) is 0.500. The number of hydrogen-bond acceptors (Lipinski definition) is 2. The van der Waals surface area contributed by atoms with Gasteiger partial charge in [-0.15, -0.1) is 11.8 Å². The third-order valence-electron chi connectivity index (χ3n) is 0.611. The number of rotatable bonds is 4. The molecule has 2 heteroatoms. The van der Waals surface area contributed by atoms with Crippen LogP contribution in [0.2, 0.25) is 0 Å². The molecule has 0 aromatic heterocycles. The maximum absolute atomic E-state index is 9.60. The van der Waals surface area contributed by atoms with Crippen LogP contribution >= 0.6 is 11.8 Å². The van der Waals surface area contributed by atoms with E-state index in [1.807, 2.05) is 19.1 Å². The van der Waals surface area contributed by atoms with Gasteiger partial charge in [-0.1, -0.05) is 12.2 Å². The van der Waals surface area contributed by atoms with Gasteiger partial charge in [0.15, 0.2) is 0 Å². The van der Waals surface area contributed by atoms with Crippen molar-refractivity contribution >= 4 is 18.0 Å². The predicted molar refractivity (Wildman–Crippen MR) is 37.8 cm³/mol. The van der Waals surface area contributed by atoms with Gasteiger partial charge in [-0.05, 0) is 6.92 Å². The second-order valence-electron chi connectivity index (χ2n) is 1.23. The first-order valence-corrected chi connectivity index (χ1v) is 3.61. The summed E-state index contributed by atoms with van der Waals surface area (Å²) in [6, 6.07) is 0. The molecule has 0 N–H and O–H groups in total. The molecule has 1 radical (unpaired) electrons. The lowest BCUT2D eigenvalue weighted by Crippen LogP contribution is -1.78. The summed E-state index contributed by atoms with van der Waals surface area (Å²) in [7, 11) is 0. The molecule has 0 saturated carbocycles. The van der Waals surface area contributed by atoms with E-state index in [4.69, 9.17) is 0 Å². The number of allylic oxidation sites excluding steroid dienone is 1. The van der Waals surface area contributed by atoms with Crippen LogP contribution in [0, 0.1) is 0 Å². The lowest BCUT2D eigenvalue weighted by molar-refractivity contribution is 0.560. The topological polar surface area (TPSA) is 17.1 Å². The summed E-state index contributed by atoms with van der Waals surface area (Å²) >= 11 is 1.57. The largest absolute Gasteiger partial charge is 0.290 e.